The highest BCUT2D eigenvalue weighted by molar-refractivity contribution is 5.74. The molecule has 5 heteroatoms. The Balaban J connectivity index is 1.48. The molecule has 1 aliphatic heterocycles. The van der Waals surface area contributed by atoms with Crippen LogP contribution in [0.2, 0.25) is 0 Å². The number of aryl methyl sites for hydroxylation is 1. The highest BCUT2D eigenvalue weighted by Gasteiger charge is 2.24. The Bertz CT molecular complexity index is 488. The van der Waals surface area contributed by atoms with Crippen LogP contribution >= 0.6 is 0 Å². The molecule has 0 unspecified atom stereocenters. The van der Waals surface area contributed by atoms with Gasteiger partial charge in [-0.15, -0.1) is 0 Å². The lowest BCUT2D eigenvalue weighted by Crippen LogP contribution is -2.53. The molecule has 1 N–H and O–H groups in total. The Hall–Kier alpha value is -1.78. The van der Waals surface area contributed by atoms with Gasteiger partial charge in [0.2, 0.25) is 0 Å². The van der Waals surface area contributed by atoms with Crippen LogP contribution < -0.4 is 10.2 Å². The number of hydrogen-bond acceptors (Lipinski definition) is 3. The average Bonchev–Trinajstić information content (AvgIpc) is 2.57. The first kappa shape index (κ1) is 15.1. The van der Waals surface area contributed by atoms with Crippen LogP contribution in [0.4, 0.5) is 10.6 Å². The van der Waals surface area contributed by atoms with E-state index in [9.17, 15) is 4.79 Å². The maximum Gasteiger partial charge on any atom is 0.317 e. The molecule has 120 valence electrons. The summed E-state index contributed by atoms with van der Waals surface area (Å²) in [6, 6.07) is 4.65. The molecule has 5 nitrogen and oxygen atoms in total. The molecule has 0 aromatic carbocycles. The van der Waals surface area contributed by atoms with E-state index in [4.69, 9.17) is 0 Å². The van der Waals surface area contributed by atoms with E-state index in [2.05, 4.69) is 27.3 Å². The summed E-state index contributed by atoms with van der Waals surface area (Å²) in [6.07, 6.45) is 7.99. The van der Waals surface area contributed by atoms with Gasteiger partial charge in [0.15, 0.2) is 0 Å². The lowest BCUT2D eigenvalue weighted by atomic mass is 9.96. The quantitative estimate of drug-likeness (QED) is 0.913. The molecule has 1 aromatic heterocycles. The van der Waals surface area contributed by atoms with Crippen LogP contribution in [0.3, 0.4) is 0 Å². The number of pyridine rings is 1. The van der Waals surface area contributed by atoms with Gasteiger partial charge in [-0.3, -0.25) is 0 Å². The van der Waals surface area contributed by atoms with Gasteiger partial charge < -0.3 is 15.1 Å². The second kappa shape index (κ2) is 6.99. The smallest absolute Gasteiger partial charge is 0.317 e. The highest BCUT2D eigenvalue weighted by Crippen LogP contribution is 2.18. The Labute approximate surface area is 132 Å². The fraction of sp³-hybridized carbons (Fsp3) is 0.647. The third-order valence-corrected chi connectivity index (χ3v) is 4.72. The van der Waals surface area contributed by atoms with Crippen molar-refractivity contribution in [3.05, 3.63) is 23.9 Å². The van der Waals surface area contributed by atoms with Crippen LogP contribution in [0.5, 0.6) is 0 Å². The number of carbonyl (C=O) groups excluding carboxylic acids is 1. The molecule has 1 aliphatic carbocycles. The van der Waals surface area contributed by atoms with Crippen molar-refractivity contribution in [2.45, 2.75) is 45.1 Å². The minimum Gasteiger partial charge on any atom is -0.353 e. The molecule has 0 atom stereocenters. The molecule has 2 amide bonds. The molecular formula is C17H26N4O. The molecule has 22 heavy (non-hydrogen) atoms. The second-order valence-electron chi connectivity index (χ2n) is 6.45. The summed E-state index contributed by atoms with van der Waals surface area (Å²) in [5.74, 6) is 1.01. The number of urea groups is 1. The Morgan fingerprint density at radius 3 is 2.50 bits per heavy atom. The highest BCUT2D eigenvalue weighted by atomic mass is 16.2. The summed E-state index contributed by atoms with van der Waals surface area (Å²) in [4.78, 5) is 21.0. The van der Waals surface area contributed by atoms with E-state index in [1.54, 1.807) is 0 Å². The molecule has 2 heterocycles. The van der Waals surface area contributed by atoms with Crippen LogP contribution in [0.1, 0.15) is 37.7 Å². The summed E-state index contributed by atoms with van der Waals surface area (Å²) in [5, 5.41) is 3.20. The van der Waals surface area contributed by atoms with Crippen LogP contribution in [-0.2, 0) is 0 Å². The van der Waals surface area contributed by atoms with Gasteiger partial charge in [0.05, 0.1) is 0 Å². The second-order valence-corrected chi connectivity index (χ2v) is 6.45. The average molecular weight is 302 g/mol. The van der Waals surface area contributed by atoms with Crippen molar-refractivity contribution in [2.75, 3.05) is 31.1 Å². The Morgan fingerprint density at radius 1 is 1.14 bits per heavy atom. The Morgan fingerprint density at radius 2 is 1.86 bits per heavy atom. The summed E-state index contributed by atoms with van der Waals surface area (Å²) >= 11 is 0. The van der Waals surface area contributed by atoms with Gasteiger partial charge in [-0.05, 0) is 31.4 Å². The number of amides is 2. The van der Waals surface area contributed by atoms with Crippen molar-refractivity contribution >= 4 is 11.8 Å². The molecule has 0 bridgehead atoms. The Kier molecular flexibility index (Phi) is 4.80. The lowest BCUT2D eigenvalue weighted by molar-refractivity contribution is 0.186. The summed E-state index contributed by atoms with van der Waals surface area (Å²) < 4.78 is 0. The predicted octanol–water partition coefficient (Wildman–Crippen LogP) is 2.55. The number of hydrogen-bond donors (Lipinski definition) is 1. The standard InChI is InChI=1S/C17H26N4O/c1-14-7-8-16(18-13-14)20-9-11-21(12-10-20)17(22)19-15-5-3-2-4-6-15/h7-8,13,15H,2-6,9-12H2,1H3,(H,19,22). The van der Waals surface area contributed by atoms with E-state index in [1.165, 1.54) is 24.8 Å². The van der Waals surface area contributed by atoms with E-state index in [1.807, 2.05) is 18.0 Å². The number of piperazine rings is 1. The van der Waals surface area contributed by atoms with E-state index < -0.39 is 0 Å². The van der Waals surface area contributed by atoms with Gasteiger partial charge in [0.1, 0.15) is 5.82 Å². The van der Waals surface area contributed by atoms with Gasteiger partial charge in [-0.2, -0.15) is 0 Å². The third-order valence-electron chi connectivity index (χ3n) is 4.72. The molecule has 1 saturated heterocycles. The zero-order valence-corrected chi connectivity index (χ0v) is 13.4. The van der Waals surface area contributed by atoms with Crippen molar-refractivity contribution in [2.24, 2.45) is 0 Å². The first-order valence-electron chi connectivity index (χ1n) is 8.45. The lowest BCUT2D eigenvalue weighted by Gasteiger charge is -2.36. The van der Waals surface area contributed by atoms with Gasteiger partial charge in [0, 0.05) is 38.4 Å². The monoisotopic (exact) mass is 302 g/mol. The van der Waals surface area contributed by atoms with Gasteiger partial charge in [0.25, 0.3) is 0 Å². The summed E-state index contributed by atoms with van der Waals surface area (Å²) in [5.41, 5.74) is 1.18. The van der Waals surface area contributed by atoms with Crippen LogP contribution in [0.25, 0.3) is 0 Å². The van der Waals surface area contributed by atoms with Gasteiger partial charge in [-0.25, -0.2) is 9.78 Å². The van der Waals surface area contributed by atoms with Gasteiger partial charge >= 0.3 is 6.03 Å². The fourth-order valence-corrected chi connectivity index (χ4v) is 3.30. The molecule has 3 rings (SSSR count). The number of rotatable bonds is 2. The van der Waals surface area contributed by atoms with Crippen LogP contribution in [-0.4, -0.2) is 48.1 Å². The van der Waals surface area contributed by atoms with Crippen molar-refractivity contribution in [3.8, 4) is 0 Å². The fourth-order valence-electron chi connectivity index (χ4n) is 3.30. The number of nitrogens with zero attached hydrogens (tertiary/aromatic N) is 3. The topological polar surface area (TPSA) is 48.5 Å². The van der Waals surface area contributed by atoms with E-state index in [0.717, 1.165) is 44.8 Å². The van der Waals surface area contributed by atoms with Crippen molar-refractivity contribution < 1.29 is 4.79 Å². The van der Waals surface area contributed by atoms with Crippen molar-refractivity contribution in [3.63, 3.8) is 0 Å². The molecule has 1 aromatic rings. The van der Waals surface area contributed by atoms with Crippen molar-refractivity contribution in [1.29, 1.82) is 0 Å². The van der Waals surface area contributed by atoms with Gasteiger partial charge in [-0.1, -0.05) is 25.3 Å². The maximum atomic E-state index is 12.3. The molecule has 2 aliphatic rings. The SMILES string of the molecule is Cc1ccc(N2CCN(C(=O)NC3CCCCC3)CC2)nc1. The number of nitrogens with one attached hydrogen (secondary N) is 1. The largest absolute Gasteiger partial charge is 0.353 e. The zero-order chi connectivity index (χ0) is 15.4. The predicted molar refractivity (Wildman–Crippen MR) is 88.2 cm³/mol. The molecule has 0 radical (unpaired) electrons. The van der Waals surface area contributed by atoms with E-state index in [0.29, 0.717) is 6.04 Å². The summed E-state index contributed by atoms with van der Waals surface area (Å²) in [7, 11) is 0. The molecule has 1 saturated carbocycles. The molecular weight excluding hydrogens is 276 g/mol. The minimum atomic E-state index is 0.114. The minimum absolute atomic E-state index is 0.114. The third kappa shape index (κ3) is 3.70. The zero-order valence-electron chi connectivity index (χ0n) is 13.4. The van der Waals surface area contributed by atoms with Crippen LogP contribution in [0, 0.1) is 6.92 Å². The number of carbonyl (C=O) groups is 1. The van der Waals surface area contributed by atoms with Crippen LogP contribution in [0.15, 0.2) is 18.3 Å². The van der Waals surface area contributed by atoms with E-state index in [-0.39, 0.29) is 6.03 Å². The first-order valence-corrected chi connectivity index (χ1v) is 8.45. The summed E-state index contributed by atoms with van der Waals surface area (Å²) in [6.45, 7) is 5.30. The normalized spacial score (nSPS) is 20.0. The first-order chi connectivity index (χ1) is 10.7. The van der Waals surface area contributed by atoms with Crippen molar-refractivity contribution in [1.82, 2.24) is 15.2 Å². The maximum absolute atomic E-state index is 12.3. The number of aromatic nitrogens is 1. The number of anilines is 1. The molecule has 0 spiro atoms. The molecule has 2 fully saturated rings. The van der Waals surface area contributed by atoms with E-state index >= 15 is 0 Å².